The van der Waals surface area contributed by atoms with Gasteiger partial charge in [0.25, 0.3) is 5.91 Å². The third-order valence-electron chi connectivity index (χ3n) is 4.69. The van der Waals surface area contributed by atoms with Crippen molar-refractivity contribution in [2.75, 3.05) is 5.32 Å². The minimum absolute atomic E-state index is 0.154. The van der Waals surface area contributed by atoms with E-state index in [1.165, 1.54) is 0 Å². The molecule has 3 heterocycles. The smallest absolute Gasteiger partial charge is 0.256 e. The van der Waals surface area contributed by atoms with Crippen molar-refractivity contribution in [2.24, 2.45) is 0 Å². The summed E-state index contributed by atoms with van der Waals surface area (Å²) in [6, 6.07) is 22.9. The number of carbonyl (C=O) groups excluding carboxylic acids is 1. The summed E-state index contributed by atoms with van der Waals surface area (Å²) >= 11 is 0. The number of rotatable bonds is 3. The summed E-state index contributed by atoms with van der Waals surface area (Å²) < 4.78 is 1.99. The molecule has 0 saturated heterocycles. The molecule has 5 heteroatoms. The van der Waals surface area contributed by atoms with Crippen LogP contribution < -0.4 is 5.32 Å². The Labute approximate surface area is 161 Å². The first-order valence-electron chi connectivity index (χ1n) is 8.97. The minimum atomic E-state index is -0.154. The number of anilines is 1. The summed E-state index contributed by atoms with van der Waals surface area (Å²) in [5.41, 5.74) is 4.94. The SMILES string of the molecule is O=C(Nc1ccc(-c2cn3ccccc3n2)cc1)c1cccc2ncccc12. The molecular formula is C23H16N4O. The topological polar surface area (TPSA) is 59.3 Å². The van der Waals surface area contributed by atoms with Crippen molar-refractivity contribution in [3.05, 3.63) is 97.0 Å². The van der Waals surface area contributed by atoms with E-state index in [2.05, 4.69) is 15.3 Å². The lowest BCUT2D eigenvalue weighted by Gasteiger charge is -2.08. The van der Waals surface area contributed by atoms with Crippen LogP contribution in [0.5, 0.6) is 0 Å². The van der Waals surface area contributed by atoms with E-state index in [1.807, 2.05) is 89.6 Å². The van der Waals surface area contributed by atoms with E-state index in [9.17, 15) is 4.79 Å². The zero-order valence-electron chi connectivity index (χ0n) is 14.9. The number of carbonyl (C=O) groups is 1. The van der Waals surface area contributed by atoms with Crippen molar-refractivity contribution < 1.29 is 4.79 Å². The Morgan fingerprint density at radius 1 is 0.893 bits per heavy atom. The van der Waals surface area contributed by atoms with Crippen LogP contribution in [0.25, 0.3) is 27.8 Å². The van der Waals surface area contributed by atoms with Gasteiger partial charge in [0.1, 0.15) is 5.65 Å². The Balaban J connectivity index is 1.40. The van der Waals surface area contributed by atoms with E-state index in [0.717, 1.165) is 33.5 Å². The summed E-state index contributed by atoms with van der Waals surface area (Å²) in [6.07, 6.45) is 5.69. The van der Waals surface area contributed by atoms with Crippen LogP contribution in [0.15, 0.2) is 91.4 Å². The van der Waals surface area contributed by atoms with Crippen molar-refractivity contribution in [2.45, 2.75) is 0 Å². The maximum Gasteiger partial charge on any atom is 0.256 e. The van der Waals surface area contributed by atoms with Crippen molar-refractivity contribution in [1.82, 2.24) is 14.4 Å². The van der Waals surface area contributed by atoms with E-state index >= 15 is 0 Å². The van der Waals surface area contributed by atoms with Gasteiger partial charge in [0.15, 0.2) is 0 Å². The molecule has 2 aromatic carbocycles. The third-order valence-corrected chi connectivity index (χ3v) is 4.69. The molecule has 0 fully saturated rings. The van der Waals surface area contributed by atoms with Crippen molar-refractivity contribution >= 4 is 28.1 Å². The highest BCUT2D eigenvalue weighted by Gasteiger charge is 2.11. The van der Waals surface area contributed by atoms with Crippen LogP contribution in [0.4, 0.5) is 5.69 Å². The van der Waals surface area contributed by atoms with Crippen molar-refractivity contribution in [1.29, 1.82) is 0 Å². The molecule has 0 spiro atoms. The Bertz CT molecular complexity index is 1270. The molecule has 0 bridgehead atoms. The zero-order valence-corrected chi connectivity index (χ0v) is 14.9. The molecular weight excluding hydrogens is 348 g/mol. The number of fused-ring (bicyclic) bond motifs is 2. The molecule has 0 aliphatic heterocycles. The Hall–Kier alpha value is -3.99. The van der Waals surface area contributed by atoms with Crippen molar-refractivity contribution in [3.8, 4) is 11.3 Å². The fourth-order valence-electron chi connectivity index (χ4n) is 3.30. The van der Waals surface area contributed by atoms with Gasteiger partial charge in [-0.1, -0.05) is 30.3 Å². The van der Waals surface area contributed by atoms with Crippen LogP contribution in [-0.4, -0.2) is 20.3 Å². The lowest BCUT2D eigenvalue weighted by molar-refractivity contribution is 0.102. The molecule has 1 N–H and O–H groups in total. The normalized spacial score (nSPS) is 11.0. The maximum atomic E-state index is 12.7. The predicted octanol–water partition coefficient (Wildman–Crippen LogP) is 4.80. The van der Waals surface area contributed by atoms with E-state index in [1.54, 1.807) is 6.20 Å². The highest BCUT2D eigenvalue weighted by molar-refractivity contribution is 6.12. The summed E-state index contributed by atoms with van der Waals surface area (Å²) in [5.74, 6) is -0.154. The lowest BCUT2D eigenvalue weighted by atomic mass is 10.1. The fraction of sp³-hybridized carbons (Fsp3) is 0. The molecule has 28 heavy (non-hydrogen) atoms. The Morgan fingerprint density at radius 3 is 2.64 bits per heavy atom. The largest absolute Gasteiger partial charge is 0.322 e. The monoisotopic (exact) mass is 364 g/mol. The van der Waals surface area contributed by atoms with Gasteiger partial charge in [-0.05, 0) is 42.5 Å². The number of nitrogens with zero attached hydrogens (tertiary/aromatic N) is 3. The van der Waals surface area contributed by atoms with Gasteiger partial charge in [0.2, 0.25) is 0 Å². The Morgan fingerprint density at radius 2 is 1.79 bits per heavy atom. The fourth-order valence-corrected chi connectivity index (χ4v) is 3.30. The van der Waals surface area contributed by atoms with E-state index in [4.69, 9.17) is 0 Å². The van der Waals surface area contributed by atoms with Crippen molar-refractivity contribution in [3.63, 3.8) is 0 Å². The highest BCUT2D eigenvalue weighted by Crippen LogP contribution is 2.22. The van der Waals surface area contributed by atoms with Gasteiger partial charge in [0.05, 0.1) is 11.2 Å². The molecule has 0 atom stereocenters. The van der Waals surface area contributed by atoms with Gasteiger partial charge >= 0.3 is 0 Å². The van der Waals surface area contributed by atoms with E-state index in [0.29, 0.717) is 5.56 Å². The molecule has 0 unspecified atom stereocenters. The Kier molecular flexibility index (Phi) is 3.84. The molecule has 5 rings (SSSR count). The molecule has 0 saturated carbocycles. The summed E-state index contributed by atoms with van der Waals surface area (Å²) in [4.78, 5) is 21.7. The number of amides is 1. The standard InChI is InChI=1S/C23H16N4O/c28-23(19-5-3-7-20-18(19)6-4-13-24-20)25-17-11-9-16(10-12-17)21-15-27-14-2-1-8-22(27)26-21/h1-15H,(H,25,28). The molecule has 0 aliphatic rings. The highest BCUT2D eigenvalue weighted by atomic mass is 16.1. The molecule has 0 radical (unpaired) electrons. The van der Waals surface area contributed by atoms with Gasteiger partial charge in [-0.3, -0.25) is 9.78 Å². The molecule has 0 aliphatic carbocycles. The van der Waals surface area contributed by atoms with Crippen LogP contribution in [0, 0.1) is 0 Å². The summed E-state index contributed by atoms with van der Waals surface area (Å²) in [6.45, 7) is 0. The maximum absolute atomic E-state index is 12.7. The molecule has 134 valence electrons. The van der Waals surface area contributed by atoms with Gasteiger partial charge in [-0.2, -0.15) is 0 Å². The van der Waals surface area contributed by atoms with Crippen LogP contribution in [0.2, 0.25) is 0 Å². The molecule has 1 amide bonds. The van der Waals surface area contributed by atoms with Crippen LogP contribution in [-0.2, 0) is 0 Å². The third kappa shape index (κ3) is 2.89. The first-order valence-corrected chi connectivity index (χ1v) is 8.97. The van der Waals surface area contributed by atoms with Crippen LogP contribution in [0.3, 0.4) is 0 Å². The number of aromatic nitrogens is 3. The van der Waals surface area contributed by atoms with Crippen LogP contribution in [0.1, 0.15) is 10.4 Å². The number of hydrogen-bond donors (Lipinski definition) is 1. The second-order valence-electron chi connectivity index (χ2n) is 6.50. The molecule has 5 aromatic rings. The van der Waals surface area contributed by atoms with Gasteiger partial charge in [0, 0.05) is 40.8 Å². The minimum Gasteiger partial charge on any atom is -0.322 e. The lowest BCUT2D eigenvalue weighted by Crippen LogP contribution is -2.12. The number of hydrogen-bond acceptors (Lipinski definition) is 3. The summed E-state index contributed by atoms with van der Waals surface area (Å²) in [5, 5.41) is 3.80. The second kappa shape index (κ2) is 6.63. The number of benzene rings is 2. The number of nitrogens with one attached hydrogen (secondary N) is 1. The van der Waals surface area contributed by atoms with Gasteiger partial charge < -0.3 is 9.72 Å². The van der Waals surface area contributed by atoms with Gasteiger partial charge in [-0.25, -0.2) is 4.98 Å². The average molecular weight is 364 g/mol. The van der Waals surface area contributed by atoms with E-state index < -0.39 is 0 Å². The van der Waals surface area contributed by atoms with E-state index in [-0.39, 0.29) is 5.91 Å². The quantitative estimate of drug-likeness (QED) is 0.500. The first-order chi connectivity index (χ1) is 13.8. The zero-order chi connectivity index (χ0) is 18.9. The average Bonchev–Trinajstić information content (AvgIpc) is 3.18. The van der Waals surface area contributed by atoms with Gasteiger partial charge in [-0.15, -0.1) is 0 Å². The number of imidazole rings is 1. The predicted molar refractivity (Wildman–Crippen MR) is 110 cm³/mol. The second-order valence-corrected chi connectivity index (χ2v) is 6.50. The van der Waals surface area contributed by atoms with Crippen LogP contribution >= 0.6 is 0 Å². The molecule has 5 nitrogen and oxygen atoms in total. The first kappa shape index (κ1) is 16.2. The summed E-state index contributed by atoms with van der Waals surface area (Å²) in [7, 11) is 0. The molecule has 3 aromatic heterocycles. The number of pyridine rings is 2.